The molecule has 0 heterocycles. The molecule has 0 spiro atoms. The van der Waals surface area contributed by atoms with Gasteiger partial charge in [-0.05, 0) is 74.1 Å². The van der Waals surface area contributed by atoms with Crippen LogP contribution >= 0.6 is 0 Å². The highest BCUT2D eigenvalue weighted by Gasteiger charge is 2.42. The van der Waals surface area contributed by atoms with Crippen molar-refractivity contribution in [2.24, 2.45) is 11.3 Å². The summed E-state index contributed by atoms with van der Waals surface area (Å²) in [5.41, 5.74) is 13.4. The number of allylic oxidation sites excluding steroid dienone is 10. The number of hydrogen-bond donors (Lipinski definition) is 0. The smallest absolute Gasteiger partial charge is 0.0355 e. The largest absolute Gasteiger partial charge is 0.0943 e. The first-order valence-corrected chi connectivity index (χ1v) is 10.8. The summed E-state index contributed by atoms with van der Waals surface area (Å²) < 4.78 is 0. The standard InChI is InChI=1S/C30H28/c1-6-20-16-17-24-26(19(20)2)27(21-12-8-7-9-13-21)28-23-15-11-10-14-22(23)18-25(28)29(24)30(3,4)5/h6-18,26H,2H2,1,3-5H3/b20-6-. The molecule has 1 unspecified atom stereocenters. The molecule has 3 aliphatic carbocycles. The summed E-state index contributed by atoms with van der Waals surface area (Å²) in [6.45, 7) is 13.7. The summed E-state index contributed by atoms with van der Waals surface area (Å²) in [6, 6.07) is 19.7. The van der Waals surface area contributed by atoms with Gasteiger partial charge in [0.25, 0.3) is 0 Å². The molecule has 0 N–H and O–H groups in total. The predicted molar refractivity (Wildman–Crippen MR) is 130 cm³/mol. The van der Waals surface area contributed by atoms with E-state index in [2.05, 4.69) is 113 Å². The maximum atomic E-state index is 4.61. The second-order valence-electron chi connectivity index (χ2n) is 9.42. The van der Waals surface area contributed by atoms with Crippen LogP contribution in [-0.2, 0) is 0 Å². The minimum Gasteiger partial charge on any atom is -0.0943 e. The molecule has 0 aromatic heterocycles. The van der Waals surface area contributed by atoms with Crippen LogP contribution in [0.3, 0.4) is 0 Å². The molecular weight excluding hydrogens is 360 g/mol. The molecule has 0 saturated heterocycles. The van der Waals surface area contributed by atoms with Gasteiger partial charge in [0.1, 0.15) is 0 Å². The molecule has 0 heteroatoms. The van der Waals surface area contributed by atoms with Crippen molar-refractivity contribution in [2.45, 2.75) is 27.7 Å². The Bertz CT molecular complexity index is 1210. The molecule has 0 bridgehead atoms. The Balaban J connectivity index is 1.93. The van der Waals surface area contributed by atoms with Crippen molar-refractivity contribution in [3.8, 4) is 0 Å². The molecule has 1 atom stereocenters. The summed E-state index contributed by atoms with van der Waals surface area (Å²) >= 11 is 0. The lowest BCUT2D eigenvalue weighted by molar-refractivity contribution is 0.505. The second-order valence-corrected chi connectivity index (χ2v) is 9.42. The normalized spacial score (nSPS) is 21.6. The van der Waals surface area contributed by atoms with Crippen LogP contribution in [0.15, 0.2) is 107 Å². The van der Waals surface area contributed by atoms with Crippen molar-refractivity contribution in [1.29, 1.82) is 0 Å². The summed E-state index contributed by atoms with van der Waals surface area (Å²) in [6.07, 6.45) is 9.18. The van der Waals surface area contributed by atoms with Gasteiger partial charge < -0.3 is 0 Å². The Morgan fingerprint density at radius 1 is 0.900 bits per heavy atom. The maximum Gasteiger partial charge on any atom is 0.0355 e. The second kappa shape index (κ2) is 6.71. The third kappa shape index (κ3) is 2.67. The first-order chi connectivity index (χ1) is 14.4. The average Bonchev–Trinajstić information content (AvgIpc) is 3.11. The van der Waals surface area contributed by atoms with Gasteiger partial charge in [0.2, 0.25) is 0 Å². The van der Waals surface area contributed by atoms with E-state index in [1.165, 1.54) is 55.7 Å². The Morgan fingerprint density at radius 2 is 1.60 bits per heavy atom. The van der Waals surface area contributed by atoms with Crippen LogP contribution < -0.4 is 0 Å². The van der Waals surface area contributed by atoms with Gasteiger partial charge in [-0.15, -0.1) is 0 Å². The Kier molecular flexibility index (Phi) is 4.22. The van der Waals surface area contributed by atoms with Crippen molar-refractivity contribution < 1.29 is 0 Å². The van der Waals surface area contributed by atoms with Crippen LogP contribution in [0.1, 0.15) is 44.4 Å². The lowest BCUT2D eigenvalue weighted by Crippen LogP contribution is -2.25. The molecule has 0 radical (unpaired) electrons. The fourth-order valence-electron chi connectivity index (χ4n) is 5.35. The van der Waals surface area contributed by atoms with E-state index < -0.39 is 0 Å². The van der Waals surface area contributed by atoms with E-state index in [-0.39, 0.29) is 11.3 Å². The van der Waals surface area contributed by atoms with Crippen molar-refractivity contribution >= 4 is 17.2 Å². The SMILES string of the molecule is C=C1/C(=C\C)C=CC2=C(C(C)(C)C)C3=Cc4ccccc4C3=C(c3ccccc3)C12. The molecule has 2 aromatic rings. The summed E-state index contributed by atoms with van der Waals surface area (Å²) in [5, 5.41) is 0. The van der Waals surface area contributed by atoms with Gasteiger partial charge in [0, 0.05) is 5.92 Å². The van der Waals surface area contributed by atoms with Crippen molar-refractivity contribution in [1.82, 2.24) is 0 Å². The first-order valence-electron chi connectivity index (χ1n) is 10.8. The molecule has 0 saturated carbocycles. The number of benzene rings is 2. The highest BCUT2D eigenvalue weighted by atomic mass is 14.4. The van der Waals surface area contributed by atoms with Crippen LogP contribution in [0.2, 0.25) is 0 Å². The minimum absolute atomic E-state index is 0.0347. The monoisotopic (exact) mass is 388 g/mol. The molecule has 5 rings (SSSR count). The Morgan fingerprint density at radius 3 is 2.30 bits per heavy atom. The third-order valence-corrected chi connectivity index (χ3v) is 6.53. The molecule has 148 valence electrons. The fraction of sp³-hybridized carbons (Fsp3) is 0.200. The fourth-order valence-corrected chi connectivity index (χ4v) is 5.35. The molecule has 0 fully saturated rings. The zero-order chi connectivity index (χ0) is 21.0. The van der Waals surface area contributed by atoms with E-state index in [9.17, 15) is 0 Å². The van der Waals surface area contributed by atoms with Gasteiger partial charge in [-0.1, -0.05) is 100 Å². The van der Waals surface area contributed by atoms with Gasteiger partial charge in [-0.3, -0.25) is 0 Å². The molecule has 0 aliphatic heterocycles. The van der Waals surface area contributed by atoms with E-state index in [0.717, 1.165) is 0 Å². The van der Waals surface area contributed by atoms with Crippen molar-refractivity contribution in [3.63, 3.8) is 0 Å². The number of rotatable bonds is 1. The summed E-state index contributed by atoms with van der Waals surface area (Å²) in [7, 11) is 0. The quantitative estimate of drug-likeness (QED) is 0.464. The summed E-state index contributed by atoms with van der Waals surface area (Å²) in [4.78, 5) is 0. The molecule has 0 nitrogen and oxygen atoms in total. The average molecular weight is 389 g/mol. The van der Waals surface area contributed by atoms with Crippen LogP contribution in [0.5, 0.6) is 0 Å². The van der Waals surface area contributed by atoms with E-state index in [4.69, 9.17) is 0 Å². The van der Waals surface area contributed by atoms with Crippen molar-refractivity contribution in [2.75, 3.05) is 0 Å². The Labute approximate surface area is 180 Å². The van der Waals surface area contributed by atoms with Crippen LogP contribution in [-0.4, -0.2) is 0 Å². The minimum atomic E-state index is 0.0347. The van der Waals surface area contributed by atoms with Gasteiger partial charge in [-0.25, -0.2) is 0 Å². The summed E-state index contributed by atoms with van der Waals surface area (Å²) in [5.74, 6) is 0.177. The lowest BCUT2D eigenvalue weighted by atomic mass is 9.63. The van der Waals surface area contributed by atoms with Crippen LogP contribution in [0.4, 0.5) is 0 Å². The van der Waals surface area contributed by atoms with Crippen LogP contribution in [0, 0.1) is 11.3 Å². The zero-order valence-corrected chi connectivity index (χ0v) is 18.3. The van der Waals surface area contributed by atoms with Gasteiger partial charge in [0.05, 0.1) is 0 Å². The van der Waals surface area contributed by atoms with E-state index in [0.29, 0.717) is 0 Å². The maximum absolute atomic E-state index is 4.61. The van der Waals surface area contributed by atoms with E-state index >= 15 is 0 Å². The third-order valence-electron chi connectivity index (χ3n) is 6.53. The van der Waals surface area contributed by atoms with Gasteiger partial charge in [0.15, 0.2) is 0 Å². The zero-order valence-electron chi connectivity index (χ0n) is 18.3. The van der Waals surface area contributed by atoms with Crippen molar-refractivity contribution in [3.05, 3.63) is 124 Å². The number of fused-ring (bicyclic) bond motifs is 4. The Hall–Kier alpha value is -3.12. The van der Waals surface area contributed by atoms with E-state index in [1.807, 2.05) is 0 Å². The highest BCUT2D eigenvalue weighted by molar-refractivity contribution is 6.12. The molecule has 0 amide bonds. The number of hydrogen-bond acceptors (Lipinski definition) is 0. The molecule has 3 aliphatic rings. The van der Waals surface area contributed by atoms with Gasteiger partial charge in [-0.2, -0.15) is 0 Å². The molecule has 2 aromatic carbocycles. The van der Waals surface area contributed by atoms with E-state index in [1.54, 1.807) is 0 Å². The van der Waals surface area contributed by atoms with Gasteiger partial charge >= 0.3 is 0 Å². The highest BCUT2D eigenvalue weighted by Crippen LogP contribution is 2.58. The topological polar surface area (TPSA) is 0 Å². The van der Waals surface area contributed by atoms with Crippen LogP contribution in [0.25, 0.3) is 17.2 Å². The molecule has 30 heavy (non-hydrogen) atoms. The molecular formula is C30H28. The predicted octanol–water partition coefficient (Wildman–Crippen LogP) is 8.04. The first kappa shape index (κ1) is 18.9. The lowest BCUT2D eigenvalue weighted by Gasteiger charge is -2.40.